The minimum Gasteiger partial charge on any atom is -0.459 e. The highest BCUT2D eigenvalue weighted by atomic mass is 35.5. The van der Waals surface area contributed by atoms with Crippen LogP contribution in [0.1, 0.15) is 67.6 Å². The van der Waals surface area contributed by atoms with Gasteiger partial charge in [0.2, 0.25) is 12.6 Å². The van der Waals surface area contributed by atoms with Gasteiger partial charge in [-0.15, -0.1) is 18.2 Å². The number of unbranched alkanes of at least 4 members (excludes halogenated alkanes) is 2. The van der Waals surface area contributed by atoms with E-state index in [0.717, 1.165) is 53.5 Å². The van der Waals surface area contributed by atoms with Gasteiger partial charge < -0.3 is 43.5 Å². The van der Waals surface area contributed by atoms with Crippen molar-refractivity contribution in [3.8, 4) is 39.9 Å². The van der Waals surface area contributed by atoms with Gasteiger partial charge in [0.25, 0.3) is 5.69 Å². The van der Waals surface area contributed by atoms with Crippen LogP contribution in [-0.2, 0) is 27.5 Å². The Labute approximate surface area is 429 Å². The second-order valence-electron chi connectivity index (χ2n) is 18.6. The quantitative estimate of drug-likeness (QED) is 0.0208. The molecule has 1 fully saturated rings. The molecule has 2 aliphatic carbocycles. The van der Waals surface area contributed by atoms with Gasteiger partial charge in [-0.05, 0) is 120 Å². The van der Waals surface area contributed by atoms with Crippen LogP contribution in [-0.4, -0.2) is 82.8 Å². The van der Waals surface area contributed by atoms with Crippen LogP contribution in [0, 0.1) is 27.9 Å². The van der Waals surface area contributed by atoms with Gasteiger partial charge in [-0.2, -0.15) is 0 Å². The molecule has 5 aromatic rings. The molecule has 6 atom stereocenters. The number of hydrogen-bond acceptors (Lipinski definition) is 13. The molecule has 15 nitrogen and oxygen atoms in total. The van der Waals surface area contributed by atoms with E-state index in [0.29, 0.717) is 52.9 Å². The molecular formula is C57H60ClN3O12. The molecule has 0 spiro atoms. The molecule has 1 saturated carbocycles. The van der Waals surface area contributed by atoms with Crippen LogP contribution in [0.5, 0.6) is 28.7 Å². The molecule has 0 radical (unpaired) electrons. The number of ether oxygens (including phenoxy) is 6. The SMILES string of the molecule is C=CCO[C@@]12Oc3ccc(Oc4ccc(-c5ccccc5)cc4)cc3[C@H]3[C@H](CCCCO)[C@@H](CCCCO)C=C(C(=NOCc4ccc([N+](=O)[O-])cc4)C[C@@H]1N(Cc1ccc4c(c1)OCO4)C(=O)OCCCl)[C@H]32. The minimum atomic E-state index is -1.59. The third-order valence-electron chi connectivity index (χ3n) is 14.1. The Balaban J connectivity index is 1.21. The number of non-ortho nitro benzene ring substituents is 1. The lowest BCUT2D eigenvalue weighted by molar-refractivity contribution is -0.384. The van der Waals surface area contributed by atoms with Gasteiger partial charge in [0, 0.05) is 49.8 Å². The summed E-state index contributed by atoms with van der Waals surface area (Å²) in [5.41, 5.74) is 5.76. The first-order chi connectivity index (χ1) is 35.7. The number of nitrogens with zero attached hydrogens (tertiary/aromatic N) is 3. The number of allylic oxidation sites excluding steroid dienone is 1. The Hall–Kier alpha value is -6.91. The summed E-state index contributed by atoms with van der Waals surface area (Å²) in [6.07, 6.45) is 7.52. The fourth-order valence-corrected chi connectivity index (χ4v) is 10.9. The Bertz CT molecular complexity index is 2770. The lowest BCUT2D eigenvalue weighted by Gasteiger charge is -2.59. The molecule has 0 bridgehead atoms. The van der Waals surface area contributed by atoms with E-state index < -0.39 is 28.8 Å². The number of rotatable bonds is 23. The molecule has 4 aliphatic rings. The molecule has 73 heavy (non-hydrogen) atoms. The number of fused-ring (bicyclic) bond motifs is 3. The standard InChI is InChI=1S/C57H60ClN3O12/c1-2-29-70-57-53(60(56(64)67-30-26-58)35-39-16-24-51-52(31-39)69-37-68-51)34-49(59-71-36-38-14-19-43(20-15-38)61(65)66)47-32-42(12-6-8-27-62)46(13-7-9-28-63)54(55(47)57)48-33-45(23-25-50(48)73-57)72-44-21-17-41(18-22-44)40-10-4-3-5-11-40/h2-5,10-11,14-25,31-33,42,46,53-55,62-63H,1,6-9,12-13,26-30,34-37H2/t42-,46+,53-,54+,55+,57+/m0/s1. The number of nitro benzene ring substituents is 1. The second-order valence-corrected chi connectivity index (χ2v) is 19.0. The second kappa shape index (κ2) is 23.8. The first-order valence-electron chi connectivity index (χ1n) is 24.9. The zero-order chi connectivity index (χ0) is 50.7. The largest absolute Gasteiger partial charge is 0.459 e. The third kappa shape index (κ3) is 11.3. The minimum absolute atomic E-state index is 0.000388. The number of alkyl halides is 1. The number of carbonyl (C=O) groups excluding carboxylic acids is 1. The van der Waals surface area contributed by atoms with Gasteiger partial charge in [-0.1, -0.05) is 78.7 Å². The van der Waals surface area contributed by atoms with E-state index in [-0.39, 0.29) is 82.1 Å². The van der Waals surface area contributed by atoms with E-state index >= 15 is 0 Å². The summed E-state index contributed by atoms with van der Waals surface area (Å²) in [5, 5.41) is 36.5. The summed E-state index contributed by atoms with van der Waals surface area (Å²) in [5.74, 6) is 0.334. The van der Waals surface area contributed by atoms with E-state index in [9.17, 15) is 25.1 Å². The molecule has 0 saturated heterocycles. The maximum atomic E-state index is 14.8. The van der Waals surface area contributed by atoms with Crippen LogP contribution in [0.4, 0.5) is 10.5 Å². The Morgan fingerprint density at radius 1 is 0.863 bits per heavy atom. The smallest absolute Gasteiger partial charge is 0.410 e. The maximum Gasteiger partial charge on any atom is 0.410 e. The topological polar surface area (TPSA) is 181 Å². The van der Waals surface area contributed by atoms with Gasteiger partial charge in [-0.3, -0.25) is 15.0 Å². The predicted octanol–water partition coefficient (Wildman–Crippen LogP) is 11.5. The van der Waals surface area contributed by atoms with Crippen molar-refractivity contribution in [2.24, 2.45) is 22.9 Å². The normalized spacial score (nSPS) is 21.8. The monoisotopic (exact) mass is 1010 g/mol. The van der Waals surface area contributed by atoms with Crippen molar-refractivity contribution in [2.45, 2.75) is 75.8 Å². The highest BCUT2D eigenvalue weighted by Gasteiger charge is 2.66. The Kier molecular flexibility index (Phi) is 16.6. The molecule has 382 valence electrons. The summed E-state index contributed by atoms with van der Waals surface area (Å²) >= 11 is 6.16. The van der Waals surface area contributed by atoms with Gasteiger partial charge in [-0.25, -0.2) is 4.79 Å². The molecule has 16 heteroatoms. The van der Waals surface area contributed by atoms with E-state index in [1.165, 1.54) is 12.1 Å². The van der Waals surface area contributed by atoms with Crippen LogP contribution in [0.2, 0.25) is 0 Å². The van der Waals surface area contributed by atoms with Crippen molar-refractivity contribution in [1.29, 1.82) is 0 Å². The van der Waals surface area contributed by atoms with E-state index in [4.69, 9.17) is 50.0 Å². The molecule has 5 aromatic carbocycles. The van der Waals surface area contributed by atoms with Gasteiger partial charge >= 0.3 is 6.09 Å². The van der Waals surface area contributed by atoms with Crippen LogP contribution >= 0.6 is 11.6 Å². The van der Waals surface area contributed by atoms with Gasteiger partial charge in [0.1, 0.15) is 36.5 Å². The van der Waals surface area contributed by atoms with Crippen molar-refractivity contribution in [2.75, 3.05) is 39.1 Å². The predicted molar refractivity (Wildman–Crippen MR) is 275 cm³/mol. The van der Waals surface area contributed by atoms with Gasteiger partial charge in [0.05, 0.1) is 29.0 Å². The zero-order valence-electron chi connectivity index (χ0n) is 40.5. The van der Waals surface area contributed by atoms with Crippen LogP contribution in [0.15, 0.2) is 145 Å². The number of benzene rings is 5. The third-order valence-corrected chi connectivity index (χ3v) is 14.3. The molecule has 1 amide bonds. The lowest BCUT2D eigenvalue weighted by Crippen LogP contribution is -2.70. The fraction of sp³-hybridized carbons (Fsp3) is 0.368. The summed E-state index contributed by atoms with van der Waals surface area (Å²) in [6, 6.07) is 34.6. The number of hydrogen-bond donors (Lipinski definition) is 2. The average molecular weight is 1010 g/mol. The number of aliphatic hydroxyl groups is 2. The van der Waals surface area contributed by atoms with Gasteiger partial charge in [0.15, 0.2) is 11.5 Å². The molecule has 2 N–H and O–H groups in total. The first-order valence-corrected chi connectivity index (χ1v) is 25.4. The van der Waals surface area contributed by atoms with Crippen molar-refractivity contribution in [3.63, 3.8) is 0 Å². The number of carbonyl (C=O) groups is 1. The maximum absolute atomic E-state index is 14.8. The molecular weight excluding hydrogens is 954 g/mol. The molecule has 9 rings (SSSR count). The van der Waals surface area contributed by atoms with Crippen molar-refractivity contribution in [3.05, 3.63) is 166 Å². The number of halogens is 1. The summed E-state index contributed by atoms with van der Waals surface area (Å²) in [6.45, 7) is 4.23. The summed E-state index contributed by atoms with van der Waals surface area (Å²) in [4.78, 5) is 33.7. The van der Waals surface area contributed by atoms with Crippen molar-refractivity contribution < 1.29 is 53.2 Å². The van der Waals surface area contributed by atoms with Crippen molar-refractivity contribution >= 4 is 29.1 Å². The highest BCUT2D eigenvalue weighted by molar-refractivity contribution is 6.18. The average Bonchev–Trinajstić information content (AvgIpc) is 3.89. The zero-order valence-corrected chi connectivity index (χ0v) is 41.3. The fourth-order valence-electron chi connectivity index (χ4n) is 10.8. The Morgan fingerprint density at radius 2 is 1.58 bits per heavy atom. The number of nitro groups is 1. The number of aliphatic hydroxyl groups excluding tert-OH is 2. The van der Waals surface area contributed by atoms with Crippen LogP contribution in [0.3, 0.4) is 0 Å². The first kappa shape index (κ1) is 51.0. The molecule has 0 unspecified atom stereocenters. The van der Waals surface area contributed by atoms with E-state index in [1.807, 2.05) is 72.8 Å². The number of oxime groups is 1. The highest BCUT2D eigenvalue weighted by Crippen LogP contribution is 2.62. The number of amides is 1. The van der Waals surface area contributed by atoms with E-state index in [2.05, 4.69) is 24.8 Å². The molecule has 2 heterocycles. The van der Waals surface area contributed by atoms with Crippen LogP contribution < -0.4 is 18.9 Å². The van der Waals surface area contributed by atoms with E-state index in [1.54, 1.807) is 29.2 Å². The summed E-state index contributed by atoms with van der Waals surface area (Å²) < 4.78 is 38.6. The molecule has 0 aromatic heterocycles. The Morgan fingerprint density at radius 3 is 2.32 bits per heavy atom. The summed E-state index contributed by atoms with van der Waals surface area (Å²) in [7, 11) is 0. The van der Waals surface area contributed by atoms with Crippen molar-refractivity contribution in [1.82, 2.24) is 4.90 Å². The van der Waals surface area contributed by atoms with Crippen LogP contribution in [0.25, 0.3) is 11.1 Å². The molecule has 2 aliphatic heterocycles. The lowest BCUT2D eigenvalue weighted by atomic mass is 9.55.